The average molecular weight is 242 g/mol. The lowest BCUT2D eigenvalue weighted by atomic mass is 9.96. The smallest absolute Gasteiger partial charge is 0.157 e. The van der Waals surface area contributed by atoms with Gasteiger partial charge in [-0.2, -0.15) is 0 Å². The molecule has 16 heavy (non-hydrogen) atoms. The highest BCUT2D eigenvalue weighted by atomic mass is 32.2. The second-order valence-electron chi connectivity index (χ2n) is 4.83. The van der Waals surface area contributed by atoms with E-state index in [4.69, 9.17) is 4.99 Å². The van der Waals surface area contributed by atoms with Gasteiger partial charge in [-0.15, -0.1) is 0 Å². The summed E-state index contributed by atoms with van der Waals surface area (Å²) in [6, 6.07) is 0.472. The lowest BCUT2D eigenvalue weighted by molar-refractivity contribution is 0.407. The number of unbranched alkanes of at least 4 members (excludes halogenated alkanes) is 1. The van der Waals surface area contributed by atoms with Crippen molar-refractivity contribution in [2.24, 2.45) is 4.99 Å². The summed E-state index contributed by atoms with van der Waals surface area (Å²) in [5, 5.41) is 4.80. The minimum Gasteiger partial charge on any atom is -0.359 e. The highest BCUT2D eigenvalue weighted by Crippen LogP contribution is 2.29. The van der Waals surface area contributed by atoms with Gasteiger partial charge in [0.05, 0.1) is 0 Å². The number of nitrogens with one attached hydrogen (secondary N) is 1. The predicted molar refractivity (Wildman–Crippen MR) is 75.3 cm³/mol. The van der Waals surface area contributed by atoms with Crippen molar-refractivity contribution in [2.45, 2.75) is 71.4 Å². The quantitative estimate of drug-likeness (QED) is 0.766. The minimum absolute atomic E-state index is 0.313. The molecule has 1 heterocycles. The first-order valence-electron chi connectivity index (χ1n) is 6.64. The molecule has 0 aromatic carbocycles. The Morgan fingerprint density at radius 1 is 1.38 bits per heavy atom. The number of nitrogens with zero attached hydrogens (tertiary/aromatic N) is 1. The van der Waals surface area contributed by atoms with E-state index in [1.54, 1.807) is 0 Å². The Bertz CT molecular complexity index is 234. The van der Waals surface area contributed by atoms with Crippen LogP contribution in [-0.2, 0) is 0 Å². The summed E-state index contributed by atoms with van der Waals surface area (Å²) in [5.41, 5.74) is 0.313. The van der Waals surface area contributed by atoms with Crippen LogP contribution < -0.4 is 5.32 Å². The van der Waals surface area contributed by atoms with Crippen molar-refractivity contribution < 1.29 is 0 Å². The Kier molecular flexibility index (Phi) is 5.67. The second-order valence-corrected chi connectivity index (χ2v) is 5.79. The van der Waals surface area contributed by atoms with Crippen molar-refractivity contribution in [3.05, 3.63) is 0 Å². The molecular formula is C13H26N2S. The van der Waals surface area contributed by atoms with E-state index in [2.05, 4.69) is 33.0 Å². The summed E-state index contributed by atoms with van der Waals surface area (Å²) >= 11 is 1.90. The summed E-state index contributed by atoms with van der Waals surface area (Å²) in [5.74, 6) is 1.18. The van der Waals surface area contributed by atoms with Gasteiger partial charge in [0, 0.05) is 17.3 Å². The van der Waals surface area contributed by atoms with Crippen molar-refractivity contribution in [1.29, 1.82) is 0 Å². The van der Waals surface area contributed by atoms with Gasteiger partial charge in [-0.3, -0.25) is 4.99 Å². The van der Waals surface area contributed by atoms with Crippen LogP contribution in [0.2, 0.25) is 0 Å². The van der Waals surface area contributed by atoms with Gasteiger partial charge in [-0.25, -0.2) is 0 Å². The van der Waals surface area contributed by atoms with Gasteiger partial charge in [-0.05, 0) is 26.2 Å². The monoisotopic (exact) mass is 242 g/mol. The van der Waals surface area contributed by atoms with Crippen molar-refractivity contribution in [3.63, 3.8) is 0 Å². The minimum atomic E-state index is 0.313. The third-order valence-electron chi connectivity index (χ3n) is 3.52. The van der Waals surface area contributed by atoms with Crippen LogP contribution in [-0.4, -0.2) is 22.5 Å². The maximum Gasteiger partial charge on any atom is 0.157 e. The van der Waals surface area contributed by atoms with Crippen molar-refractivity contribution in [2.75, 3.05) is 5.75 Å². The van der Waals surface area contributed by atoms with Crippen LogP contribution in [0.15, 0.2) is 4.99 Å². The third-order valence-corrected chi connectivity index (χ3v) is 4.70. The fourth-order valence-corrected chi connectivity index (χ4v) is 3.41. The zero-order valence-corrected chi connectivity index (χ0v) is 12.0. The zero-order valence-electron chi connectivity index (χ0n) is 11.2. The van der Waals surface area contributed by atoms with E-state index < -0.39 is 0 Å². The molecule has 1 unspecified atom stereocenters. The first-order valence-corrected chi connectivity index (χ1v) is 7.63. The largest absolute Gasteiger partial charge is 0.359 e. The Morgan fingerprint density at radius 3 is 2.56 bits per heavy atom. The molecule has 0 aromatic heterocycles. The van der Waals surface area contributed by atoms with Crippen LogP contribution in [0.3, 0.4) is 0 Å². The number of hydrogen-bond donors (Lipinski definition) is 1. The van der Waals surface area contributed by atoms with Gasteiger partial charge in [0.1, 0.15) is 0 Å². The van der Waals surface area contributed by atoms with Gasteiger partial charge in [0.15, 0.2) is 5.17 Å². The van der Waals surface area contributed by atoms with Crippen LogP contribution in [0.25, 0.3) is 0 Å². The van der Waals surface area contributed by atoms with Crippen molar-refractivity contribution in [1.82, 2.24) is 5.32 Å². The molecule has 2 nitrogen and oxygen atoms in total. The fourth-order valence-electron chi connectivity index (χ4n) is 1.97. The average Bonchev–Trinajstić information content (AvgIpc) is 2.70. The lowest BCUT2D eigenvalue weighted by Crippen LogP contribution is -2.42. The highest BCUT2D eigenvalue weighted by Gasteiger charge is 2.33. The van der Waals surface area contributed by atoms with Gasteiger partial charge >= 0.3 is 0 Å². The maximum atomic E-state index is 4.77. The number of rotatable bonds is 6. The van der Waals surface area contributed by atoms with Crippen LogP contribution in [0.1, 0.15) is 59.8 Å². The fraction of sp³-hybridized carbons (Fsp3) is 0.923. The second kappa shape index (κ2) is 6.53. The third kappa shape index (κ3) is 3.69. The summed E-state index contributed by atoms with van der Waals surface area (Å²) in [7, 11) is 0. The number of aliphatic imine (C=N–C) groups is 1. The number of thioether (sulfide) groups is 1. The molecule has 0 radical (unpaired) electrons. The summed E-state index contributed by atoms with van der Waals surface area (Å²) in [6.45, 7) is 8.99. The normalized spacial score (nSPS) is 23.4. The molecule has 0 saturated carbocycles. The van der Waals surface area contributed by atoms with Crippen molar-refractivity contribution in [3.8, 4) is 0 Å². The molecule has 1 aliphatic rings. The predicted octanol–water partition coefficient (Wildman–Crippen LogP) is 3.82. The first kappa shape index (κ1) is 13.9. The van der Waals surface area contributed by atoms with Gasteiger partial charge < -0.3 is 5.32 Å². The van der Waals surface area contributed by atoms with Gasteiger partial charge in [-0.1, -0.05) is 45.4 Å². The Morgan fingerprint density at radius 2 is 2.06 bits per heavy atom. The van der Waals surface area contributed by atoms with Crippen LogP contribution >= 0.6 is 11.8 Å². The molecule has 1 aliphatic heterocycles. The Hall–Kier alpha value is -0.180. The van der Waals surface area contributed by atoms with Gasteiger partial charge in [0.25, 0.3) is 0 Å². The molecular weight excluding hydrogens is 216 g/mol. The van der Waals surface area contributed by atoms with Crippen LogP contribution in [0, 0.1) is 0 Å². The van der Waals surface area contributed by atoms with E-state index in [1.165, 1.54) is 43.0 Å². The standard InChI is InChI=1S/C13H26N2S/c1-5-8-9-11(4)14-12-15-13(6-2,7-3)10-16-12/h11H,5-10H2,1-4H3,(H,14,15). The molecule has 1 N–H and O–H groups in total. The van der Waals surface area contributed by atoms with E-state index in [0.717, 1.165) is 0 Å². The molecule has 0 bridgehead atoms. The van der Waals surface area contributed by atoms with E-state index in [-0.39, 0.29) is 0 Å². The summed E-state index contributed by atoms with van der Waals surface area (Å²) in [4.78, 5) is 4.77. The zero-order chi connectivity index (χ0) is 12.0. The van der Waals surface area contributed by atoms with Gasteiger partial charge in [0.2, 0.25) is 0 Å². The van der Waals surface area contributed by atoms with E-state index in [1.807, 2.05) is 11.8 Å². The Labute approximate surface area is 105 Å². The summed E-state index contributed by atoms with van der Waals surface area (Å²) in [6.07, 6.45) is 6.16. The molecule has 94 valence electrons. The molecule has 1 saturated heterocycles. The molecule has 0 aromatic rings. The molecule has 0 amide bonds. The molecule has 0 aliphatic carbocycles. The lowest BCUT2D eigenvalue weighted by Gasteiger charge is -2.25. The number of amidine groups is 1. The van der Waals surface area contributed by atoms with E-state index in [0.29, 0.717) is 11.6 Å². The molecule has 0 spiro atoms. The Balaban J connectivity index is 2.48. The van der Waals surface area contributed by atoms with E-state index in [9.17, 15) is 0 Å². The molecule has 3 heteroatoms. The molecule has 1 rings (SSSR count). The van der Waals surface area contributed by atoms with E-state index >= 15 is 0 Å². The summed E-state index contributed by atoms with van der Waals surface area (Å²) < 4.78 is 0. The maximum absolute atomic E-state index is 4.77. The van der Waals surface area contributed by atoms with Crippen LogP contribution in [0.4, 0.5) is 0 Å². The molecule has 1 atom stereocenters. The number of hydrogen-bond acceptors (Lipinski definition) is 2. The highest BCUT2D eigenvalue weighted by molar-refractivity contribution is 8.14. The topological polar surface area (TPSA) is 24.4 Å². The SMILES string of the molecule is CCCCC(C)N=C1NC(CC)(CC)CS1. The van der Waals surface area contributed by atoms with Crippen molar-refractivity contribution >= 4 is 16.9 Å². The molecule has 1 fully saturated rings. The van der Waals surface area contributed by atoms with Crippen LogP contribution in [0.5, 0.6) is 0 Å². The first-order chi connectivity index (χ1) is 7.65.